The Bertz CT molecular complexity index is 532. The van der Waals surface area contributed by atoms with Crippen LogP contribution < -0.4 is 10.5 Å². The van der Waals surface area contributed by atoms with Gasteiger partial charge < -0.3 is 10.5 Å². The number of hydrogen-bond donors (Lipinski definition) is 1. The number of nitrogens with zero attached hydrogens (tertiary/aromatic N) is 1. The summed E-state index contributed by atoms with van der Waals surface area (Å²) in [6, 6.07) is 9.03. The van der Waals surface area contributed by atoms with Gasteiger partial charge in [-0.2, -0.15) is 0 Å². The fraction of sp³-hybridized carbons (Fsp3) is 0.0833. The summed E-state index contributed by atoms with van der Waals surface area (Å²) in [5, 5.41) is 1.04. The lowest BCUT2D eigenvalue weighted by Crippen LogP contribution is -1.99. The van der Waals surface area contributed by atoms with Crippen molar-refractivity contribution in [3.8, 4) is 5.88 Å². The number of aromatic nitrogens is 1. The van der Waals surface area contributed by atoms with Gasteiger partial charge >= 0.3 is 0 Å². The molecule has 0 aliphatic rings. The fourth-order valence-electron chi connectivity index (χ4n) is 1.31. The Balaban J connectivity index is 2.10. The molecule has 0 atom stereocenters. The van der Waals surface area contributed by atoms with Gasteiger partial charge in [-0.3, -0.25) is 0 Å². The molecule has 3 nitrogen and oxygen atoms in total. The monoisotopic (exact) mass is 268 g/mol. The third-order valence-corrected chi connectivity index (χ3v) is 2.79. The van der Waals surface area contributed by atoms with Crippen LogP contribution >= 0.6 is 23.2 Å². The van der Waals surface area contributed by atoms with E-state index >= 15 is 0 Å². The molecule has 2 aromatic rings. The molecule has 0 unspecified atom stereocenters. The Kier molecular flexibility index (Phi) is 3.71. The normalized spacial score (nSPS) is 10.2. The standard InChI is InChI=1S/C12H10Cl2N2O/c13-10-4-2-1-3-8(10)7-17-12-11(14)5-9(15)6-16-12/h1-6H,7,15H2. The molecular weight excluding hydrogens is 259 g/mol. The van der Waals surface area contributed by atoms with Gasteiger partial charge in [0.2, 0.25) is 5.88 Å². The van der Waals surface area contributed by atoms with Crippen LogP contribution in [-0.4, -0.2) is 4.98 Å². The van der Waals surface area contributed by atoms with Gasteiger partial charge in [-0.05, 0) is 12.1 Å². The van der Waals surface area contributed by atoms with Crippen molar-refractivity contribution < 1.29 is 4.74 Å². The first-order valence-corrected chi connectivity index (χ1v) is 5.69. The predicted molar refractivity (Wildman–Crippen MR) is 69.4 cm³/mol. The number of pyridine rings is 1. The lowest BCUT2D eigenvalue weighted by molar-refractivity contribution is 0.294. The molecule has 2 N–H and O–H groups in total. The molecule has 2 rings (SSSR count). The highest BCUT2D eigenvalue weighted by Gasteiger charge is 2.05. The predicted octanol–water partition coefficient (Wildman–Crippen LogP) is 3.55. The van der Waals surface area contributed by atoms with Gasteiger partial charge in [0.15, 0.2) is 0 Å². The zero-order valence-corrected chi connectivity index (χ0v) is 10.4. The average Bonchev–Trinajstić information content (AvgIpc) is 2.30. The van der Waals surface area contributed by atoms with E-state index in [-0.39, 0.29) is 0 Å². The Morgan fingerprint density at radius 2 is 1.94 bits per heavy atom. The van der Waals surface area contributed by atoms with Crippen molar-refractivity contribution >= 4 is 28.9 Å². The molecule has 1 aromatic carbocycles. The molecule has 0 saturated carbocycles. The molecule has 0 aliphatic carbocycles. The van der Waals surface area contributed by atoms with Crippen LogP contribution in [0.1, 0.15) is 5.56 Å². The van der Waals surface area contributed by atoms with E-state index in [1.807, 2.05) is 18.2 Å². The molecule has 0 fully saturated rings. The van der Waals surface area contributed by atoms with Crippen LogP contribution in [0.4, 0.5) is 5.69 Å². The molecular formula is C12H10Cl2N2O. The number of halogens is 2. The van der Waals surface area contributed by atoms with Crippen LogP contribution in [-0.2, 0) is 6.61 Å². The zero-order chi connectivity index (χ0) is 12.3. The van der Waals surface area contributed by atoms with Crippen molar-refractivity contribution in [2.45, 2.75) is 6.61 Å². The van der Waals surface area contributed by atoms with Crippen molar-refractivity contribution in [3.05, 3.63) is 52.1 Å². The Labute approximate surface area is 109 Å². The van der Waals surface area contributed by atoms with Crippen LogP contribution in [0.3, 0.4) is 0 Å². The van der Waals surface area contributed by atoms with E-state index in [1.54, 1.807) is 12.1 Å². The SMILES string of the molecule is Nc1cnc(OCc2ccccc2Cl)c(Cl)c1. The average molecular weight is 269 g/mol. The van der Waals surface area contributed by atoms with Gasteiger partial charge in [-0.1, -0.05) is 41.4 Å². The first kappa shape index (κ1) is 12.0. The Morgan fingerprint density at radius 3 is 2.65 bits per heavy atom. The smallest absolute Gasteiger partial charge is 0.233 e. The van der Waals surface area contributed by atoms with E-state index in [2.05, 4.69) is 4.98 Å². The fourth-order valence-corrected chi connectivity index (χ4v) is 1.73. The largest absolute Gasteiger partial charge is 0.472 e. The molecule has 0 bridgehead atoms. The molecule has 0 aliphatic heterocycles. The molecule has 88 valence electrons. The quantitative estimate of drug-likeness (QED) is 0.926. The number of ether oxygens (including phenoxy) is 1. The summed E-state index contributed by atoms with van der Waals surface area (Å²) in [7, 11) is 0. The second kappa shape index (κ2) is 5.25. The number of nitrogens with two attached hydrogens (primary N) is 1. The van der Waals surface area contributed by atoms with E-state index in [0.29, 0.717) is 28.2 Å². The van der Waals surface area contributed by atoms with Crippen LogP contribution in [0.5, 0.6) is 5.88 Å². The van der Waals surface area contributed by atoms with Crippen molar-refractivity contribution in [2.75, 3.05) is 5.73 Å². The van der Waals surface area contributed by atoms with Crippen LogP contribution in [0.15, 0.2) is 36.5 Å². The van der Waals surface area contributed by atoms with Crippen molar-refractivity contribution in [2.24, 2.45) is 0 Å². The first-order chi connectivity index (χ1) is 8.16. The molecule has 0 radical (unpaired) electrons. The lowest BCUT2D eigenvalue weighted by Gasteiger charge is -2.08. The van der Waals surface area contributed by atoms with E-state index in [9.17, 15) is 0 Å². The van der Waals surface area contributed by atoms with Gasteiger partial charge in [0.25, 0.3) is 0 Å². The summed E-state index contributed by atoms with van der Waals surface area (Å²) in [5.41, 5.74) is 6.91. The maximum atomic E-state index is 6.00. The summed E-state index contributed by atoms with van der Waals surface area (Å²) in [5.74, 6) is 0.348. The summed E-state index contributed by atoms with van der Waals surface area (Å²) in [6.45, 7) is 0.316. The molecule has 0 spiro atoms. The molecule has 0 amide bonds. The second-order valence-electron chi connectivity index (χ2n) is 3.44. The van der Waals surface area contributed by atoms with E-state index in [4.69, 9.17) is 33.7 Å². The van der Waals surface area contributed by atoms with E-state index in [1.165, 1.54) is 6.20 Å². The molecule has 1 heterocycles. The van der Waals surface area contributed by atoms with Gasteiger partial charge in [0, 0.05) is 10.6 Å². The summed E-state index contributed by atoms with van der Waals surface area (Å²) in [4.78, 5) is 4.00. The number of rotatable bonds is 3. The van der Waals surface area contributed by atoms with Crippen LogP contribution in [0, 0.1) is 0 Å². The first-order valence-electron chi connectivity index (χ1n) is 4.94. The summed E-state index contributed by atoms with van der Waals surface area (Å²) < 4.78 is 5.48. The third-order valence-electron chi connectivity index (χ3n) is 2.15. The second-order valence-corrected chi connectivity index (χ2v) is 4.25. The lowest BCUT2D eigenvalue weighted by atomic mass is 10.2. The Hall–Kier alpha value is -1.45. The minimum Gasteiger partial charge on any atom is -0.472 e. The molecule has 17 heavy (non-hydrogen) atoms. The van der Waals surface area contributed by atoms with Gasteiger partial charge in [0.1, 0.15) is 11.6 Å². The summed E-state index contributed by atoms with van der Waals surface area (Å²) in [6.07, 6.45) is 1.49. The highest BCUT2D eigenvalue weighted by atomic mass is 35.5. The van der Waals surface area contributed by atoms with Crippen molar-refractivity contribution in [1.82, 2.24) is 4.98 Å². The van der Waals surface area contributed by atoms with Gasteiger partial charge in [0.05, 0.1) is 11.9 Å². The van der Waals surface area contributed by atoms with Crippen LogP contribution in [0.2, 0.25) is 10.0 Å². The topological polar surface area (TPSA) is 48.1 Å². The van der Waals surface area contributed by atoms with Gasteiger partial charge in [-0.15, -0.1) is 0 Å². The van der Waals surface area contributed by atoms with E-state index < -0.39 is 0 Å². The zero-order valence-electron chi connectivity index (χ0n) is 8.86. The molecule has 5 heteroatoms. The highest BCUT2D eigenvalue weighted by Crippen LogP contribution is 2.25. The maximum absolute atomic E-state index is 6.00. The number of hydrogen-bond acceptors (Lipinski definition) is 3. The van der Waals surface area contributed by atoms with E-state index in [0.717, 1.165) is 5.56 Å². The summed E-state index contributed by atoms with van der Waals surface area (Å²) >= 11 is 11.9. The third kappa shape index (κ3) is 3.02. The minimum atomic E-state index is 0.316. The Morgan fingerprint density at radius 1 is 1.18 bits per heavy atom. The maximum Gasteiger partial charge on any atom is 0.233 e. The number of benzene rings is 1. The van der Waals surface area contributed by atoms with Crippen molar-refractivity contribution in [1.29, 1.82) is 0 Å². The molecule has 1 aromatic heterocycles. The molecule has 0 saturated heterocycles. The highest BCUT2D eigenvalue weighted by molar-refractivity contribution is 6.32. The number of nitrogen functional groups attached to an aromatic ring is 1. The van der Waals surface area contributed by atoms with Gasteiger partial charge in [-0.25, -0.2) is 4.98 Å². The number of anilines is 1. The minimum absolute atomic E-state index is 0.316. The van der Waals surface area contributed by atoms with Crippen molar-refractivity contribution in [3.63, 3.8) is 0 Å². The van der Waals surface area contributed by atoms with Crippen LogP contribution in [0.25, 0.3) is 0 Å².